The highest BCUT2D eigenvalue weighted by molar-refractivity contribution is 5.93. The van der Waals surface area contributed by atoms with Gasteiger partial charge in [-0.2, -0.15) is 0 Å². The van der Waals surface area contributed by atoms with Crippen molar-refractivity contribution in [1.29, 1.82) is 0 Å². The smallest absolute Gasteiger partial charge is 0.338 e. The fourth-order valence-corrected chi connectivity index (χ4v) is 2.72. The van der Waals surface area contributed by atoms with E-state index in [1.165, 1.54) is 20.1 Å². The number of nitrogens with one attached hydrogen (secondary N) is 1. The molecule has 2 aromatic carbocycles. The van der Waals surface area contributed by atoms with Crippen LogP contribution in [0.15, 0.2) is 71.3 Å². The van der Waals surface area contributed by atoms with Crippen LogP contribution in [0.1, 0.15) is 30.0 Å². The number of furan rings is 1. The number of carbonyl (C=O) groups is 3. The minimum absolute atomic E-state index is 0.215. The molecular formula is C23H21NO6. The first-order valence-corrected chi connectivity index (χ1v) is 9.32. The Hall–Kier alpha value is -3.87. The highest BCUT2D eigenvalue weighted by Crippen LogP contribution is 2.24. The zero-order chi connectivity index (χ0) is 21.5. The minimum Gasteiger partial charge on any atom is -0.467 e. The average molecular weight is 407 g/mol. The van der Waals surface area contributed by atoms with Gasteiger partial charge in [-0.1, -0.05) is 24.3 Å². The Bertz CT molecular complexity index is 1020. The lowest BCUT2D eigenvalue weighted by molar-refractivity contribution is -0.132. The number of esters is 2. The monoisotopic (exact) mass is 407 g/mol. The summed E-state index contributed by atoms with van der Waals surface area (Å²) in [4.78, 5) is 35.6. The average Bonchev–Trinajstić information content (AvgIpc) is 3.26. The van der Waals surface area contributed by atoms with E-state index in [1.807, 2.05) is 6.07 Å². The van der Waals surface area contributed by atoms with E-state index in [0.29, 0.717) is 17.1 Å². The molecular weight excluding hydrogens is 386 g/mol. The summed E-state index contributed by atoms with van der Waals surface area (Å²) in [5, 5.41) is 2.65. The second-order valence-electron chi connectivity index (χ2n) is 6.54. The van der Waals surface area contributed by atoms with E-state index in [1.54, 1.807) is 54.6 Å². The van der Waals surface area contributed by atoms with Crippen molar-refractivity contribution in [1.82, 2.24) is 5.32 Å². The Kier molecular flexibility index (Phi) is 6.64. The summed E-state index contributed by atoms with van der Waals surface area (Å²) in [5.74, 6) is -0.369. The van der Waals surface area contributed by atoms with Crippen molar-refractivity contribution in [2.24, 2.45) is 0 Å². The maximum atomic E-state index is 12.5. The van der Waals surface area contributed by atoms with Gasteiger partial charge in [-0.3, -0.25) is 9.59 Å². The van der Waals surface area contributed by atoms with Crippen LogP contribution in [0.4, 0.5) is 0 Å². The first-order chi connectivity index (χ1) is 14.4. The molecule has 3 aromatic rings. The molecule has 3 rings (SSSR count). The highest BCUT2D eigenvalue weighted by Gasteiger charge is 2.19. The van der Waals surface area contributed by atoms with Crippen LogP contribution in [0.2, 0.25) is 0 Å². The predicted molar refractivity (Wildman–Crippen MR) is 109 cm³/mol. The van der Waals surface area contributed by atoms with Crippen LogP contribution < -0.4 is 10.1 Å². The van der Waals surface area contributed by atoms with Crippen LogP contribution in [0.3, 0.4) is 0 Å². The van der Waals surface area contributed by atoms with Crippen LogP contribution in [-0.2, 0) is 20.9 Å². The first kappa shape index (κ1) is 20.9. The van der Waals surface area contributed by atoms with Crippen molar-refractivity contribution in [3.8, 4) is 16.9 Å². The number of benzene rings is 2. The Balaban J connectivity index is 1.62. The number of ether oxygens (including phenoxy) is 2. The van der Waals surface area contributed by atoms with Gasteiger partial charge in [-0.25, -0.2) is 4.79 Å². The molecule has 30 heavy (non-hydrogen) atoms. The van der Waals surface area contributed by atoms with Gasteiger partial charge in [0.05, 0.1) is 18.4 Å². The van der Waals surface area contributed by atoms with Gasteiger partial charge in [0.2, 0.25) is 0 Å². The Morgan fingerprint density at radius 1 is 1.00 bits per heavy atom. The summed E-state index contributed by atoms with van der Waals surface area (Å²) in [5.41, 5.74) is 1.95. The SMILES string of the molecule is CC(=O)Oc1ccc(-c2cccc(C(=O)O[C@@H](C)C(=O)NCc3ccco3)c2)cc1. The van der Waals surface area contributed by atoms with Crippen molar-refractivity contribution in [2.45, 2.75) is 26.5 Å². The number of amides is 1. The molecule has 154 valence electrons. The Morgan fingerprint density at radius 2 is 1.77 bits per heavy atom. The van der Waals surface area contributed by atoms with Crippen molar-refractivity contribution in [3.63, 3.8) is 0 Å². The number of hydrogen-bond donors (Lipinski definition) is 1. The largest absolute Gasteiger partial charge is 0.467 e. The molecule has 1 atom stereocenters. The minimum atomic E-state index is -0.959. The Labute approximate surface area is 173 Å². The molecule has 0 aliphatic heterocycles. The zero-order valence-electron chi connectivity index (χ0n) is 16.6. The summed E-state index contributed by atoms with van der Waals surface area (Å²) in [7, 11) is 0. The standard InChI is InChI=1S/C23H21NO6/c1-15(22(26)24-14-21-7-4-12-28-21)29-23(27)19-6-3-5-18(13-19)17-8-10-20(11-9-17)30-16(2)25/h3-13,15H,14H2,1-2H3,(H,24,26)/t15-/m0/s1. The van der Waals surface area contributed by atoms with Crippen molar-refractivity contribution in [3.05, 3.63) is 78.3 Å². The number of rotatable bonds is 7. The molecule has 1 N–H and O–H groups in total. The summed E-state index contributed by atoms with van der Waals surface area (Å²) in [6, 6.07) is 17.2. The molecule has 0 bridgehead atoms. The lowest BCUT2D eigenvalue weighted by Crippen LogP contribution is -2.35. The Morgan fingerprint density at radius 3 is 2.43 bits per heavy atom. The third-order valence-corrected chi connectivity index (χ3v) is 4.22. The summed E-state index contributed by atoms with van der Waals surface area (Å²) in [6.07, 6.45) is 0.557. The van der Waals surface area contributed by atoms with Gasteiger partial charge in [-0.15, -0.1) is 0 Å². The molecule has 0 radical (unpaired) electrons. The fraction of sp³-hybridized carbons (Fsp3) is 0.174. The lowest BCUT2D eigenvalue weighted by Gasteiger charge is -2.13. The molecule has 0 unspecified atom stereocenters. The van der Waals surface area contributed by atoms with Gasteiger partial charge < -0.3 is 19.2 Å². The molecule has 7 heteroatoms. The van der Waals surface area contributed by atoms with Crippen LogP contribution in [0.25, 0.3) is 11.1 Å². The van der Waals surface area contributed by atoms with E-state index < -0.39 is 23.9 Å². The van der Waals surface area contributed by atoms with Gasteiger partial charge >= 0.3 is 11.9 Å². The van der Waals surface area contributed by atoms with Crippen LogP contribution in [0, 0.1) is 0 Å². The molecule has 0 aliphatic carbocycles. The second-order valence-corrected chi connectivity index (χ2v) is 6.54. The number of carbonyl (C=O) groups excluding carboxylic acids is 3. The molecule has 0 fully saturated rings. The maximum absolute atomic E-state index is 12.5. The van der Waals surface area contributed by atoms with Crippen molar-refractivity contribution < 1.29 is 28.3 Å². The van der Waals surface area contributed by atoms with E-state index in [2.05, 4.69) is 5.32 Å². The molecule has 0 saturated carbocycles. The van der Waals surface area contributed by atoms with Crippen LogP contribution in [-0.4, -0.2) is 23.9 Å². The van der Waals surface area contributed by atoms with Crippen LogP contribution in [0.5, 0.6) is 5.75 Å². The van der Waals surface area contributed by atoms with Gasteiger partial charge in [0.15, 0.2) is 6.10 Å². The van der Waals surface area contributed by atoms with Gasteiger partial charge in [0.1, 0.15) is 11.5 Å². The third kappa shape index (κ3) is 5.57. The fourth-order valence-electron chi connectivity index (χ4n) is 2.72. The molecule has 7 nitrogen and oxygen atoms in total. The van der Waals surface area contributed by atoms with E-state index >= 15 is 0 Å². The maximum Gasteiger partial charge on any atom is 0.338 e. The molecule has 1 aromatic heterocycles. The third-order valence-electron chi connectivity index (χ3n) is 4.22. The quantitative estimate of drug-likeness (QED) is 0.474. The normalized spacial score (nSPS) is 11.4. The summed E-state index contributed by atoms with van der Waals surface area (Å²) < 4.78 is 15.5. The van der Waals surface area contributed by atoms with E-state index in [0.717, 1.165) is 11.1 Å². The van der Waals surface area contributed by atoms with Gasteiger partial charge in [0, 0.05) is 6.92 Å². The lowest BCUT2D eigenvalue weighted by atomic mass is 10.0. The van der Waals surface area contributed by atoms with E-state index in [9.17, 15) is 14.4 Å². The molecule has 1 heterocycles. The van der Waals surface area contributed by atoms with Crippen molar-refractivity contribution >= 4 is 17.8 Å². The molecule has 0 saturated heterocycles. The van der Waals surface area contributed by atoms with Gasteiger partial charge in [-0.05, 0) is 54.4 Å². The predicted octanol–water partition coefficient (Wildman–Crippen LogP) is 3.73. The van der Waals surface area contributed by atoms with Crippen molar-refractivity contribution in [2.75, 3.05) is 0 Å². The zero-order valence-corrected chi connectivity index (χ0v) is 16.6. The summed E-state index contributed by atoms with van der Waals surface area (Å²) in [6.45, 7) is 3.06. The van der Waals surface area contributed by atoms with E-state index in [-0.39, 0.29) is 6.54 Å². The van der Waals surface area contributed by atoms with E-state index in [4.69, 9.17) is 13.9 Å². The summed E-state index contributed by atoms with van der Waals surface area (Å²) >= 11 is 0. The topological polar surface area (TPSA) is 94.8 Å². The van der Waals surface area contributed by atoms with Gasteiger partial charge in [0.25, 0.3) is 5.91 Å². The second kappa shape index (κ2) is 9.56. The first-order valence-electron chi connectivity index (χ1n) is 9.32. The highest BCUT2D eigenvalue weighted by atomic mass is 16.5. The molecule has 1 amide bonds. The van der Waals surface area contributed by atoms with Crippen LogP contribution >= 0.6 is 0 Å². The molecule has 0 spiro atoms. The molecule has 0 aliphatic rings. The number of hydrogen-bond acceptors (Lipinski definition) is 6.